The van der Waals surface area contributed by atoms with Gasteiger partial charge in [-0.05, 0) is 12.8 Å². The fourth-order valence-corrected chi connectivity index (χ4v) is 1.89. The molecule has 0 aliphatic heterocycles. The first-order valence-electron chi connectivity index (χ1n) is 6.55. The number of anilines is 1. The van der Waals surface area contributed by atoms with Crippen molar-refractivity contribution in [3.05, 3.63) is 11.8 Å². The number of methoxy groups -OCH3 is 1. The first-order valence-corrected chi connectivity index (χ1v) is 6.55. The maximum Gasteiger partial charge on any atom is 0.343 e. The number of rotatable bonds is 7. The Balaban J connectivity index is 2.99. The zero-order valence-electron chi connectivity index (χ0n) is 12.0. The van der Waals surface area contributed by atoms with E-state index in [1.165, 1.54) is 0 Å². The molecule has 0 spiro atoms. The summed E-state index contributed by atoms with van der Waals surface area (Å²) in [5, 5.41) is 4.22. The highest BCUT2D eigenvalue weighted by atomic mass is 16.5. The lowest BCUT2D eigenvalue weighted by molar-refractivity contribution is 0.0527. The molecule has 2 unspecified atom stereocenters. The molecule has 0 aliphatic rings. The van der Waals surface area contributed by atoms with Crippen LogP contribution < -0.4 is 5.73 Å². The Morgan fingerprint density at radius 2 is 2.21 bits per heavy atom. The second-order valence-electron chi connectivity index (χ2n) is 4.54. The van der Waals surface area contributed by atoms with E-state index in [9.17, 15) is 4.79 Å². The second kappa shape index (κ2) is 7.13. The Kier molecular flexibility index (Phi) is 5.82. The van der Waals surface area contributed by atoms with Gasteiger partial charge in [-0.15, -0.1) is 0 Å². The van der Waals surface area contributed by atoms with Crippen molar-refractivity contribution in [1.82, 2.24) is 9.78 Å². The number of esters is 1. The van der Waals surface area contributed by atoms with Crippen molar-refractivity contribution in [2.24, 2.45) is 5.92 Å². The second-order valence-corrected chi connectivity index (χ2v) is 4.54. The van der Waals surface area contributed by atoms with E-state index >= 15 is 0 Å². The summed E-state index contributed by atoms with van der Waals surface area (Å²) in [5.41, 5.74) is 6.09. The molecule has 1 heterocycles. The Labute approximate surface area is 113 Å². The molecule has 6 heteroatoms. The van der Waals surface area contributed by atoms with Gasteiger partial charge in [0, 0.05) is 13.3 Å². The average Bonchev–Trinajstić information content (AvgIpc) is 2.77. The summed E-state index contributed by atoms with van der Waals surface area (Å²) < 4.78 is 11.9. The number of carbonyl (C=O) groups is 1. The van der Waals surface area contributed by atoms with Crippen LogP contribution in [0, 0.1) is 5.92 Å². The van der Waals surface area contributed by atoms with Crippen molar-refractivity contribution in [3.8, 4) is 0 Å². The predicted octanol–water partition coefficient (Wildman–Crippen LogP) is 1.88. The third-order valence-electron chi connectivity index (χ3n) is 3.23. The minimum absolute atomic E-state index is 0.0560. The average molecular weight is 269 g/mol. The van der Waals surface area contributed by atoms with Crippen molar-refractivity contribution in [2.75, 3.05) is 26.1 Å². The van der Waals surface area contributed by atoms with Gasteiger partial charge in [-0.2, -0.15) is 5.10 Å². The van der Waals surface area contributed by atoms with Gasteiger partial charge < -0.3 is 15.2 Å². The van der Waals surface area contributed by atoms with Crippen LogP contribution in [0.25, 0.3) is 0 Å². The van der Waals surface area contributed by atoms with Gasteiger partial charge >= 0.3 is 5.97 Å². The Morgan fingerprint density at radius 3 is 2.74 bits per heavy atom. The largest absolute Gasteiger partial charge is 0.462 e. The van der Waals surface area contributed by atoms with E-state index in [0.717, 1.165) is 6.42 Å². The maximum atomic E-state index is 11.7. The molecule has 0 fully saturated rings. The molecule has 2 N–H and O–H groups in total. The van der Waals surface area contributed by atoms with E-state index in [1.54, 1.807) is 24.9 Å². The van der Waals surface area contributed by atoms with Crippen LogP contribution in [0.1, 0.15) is 43.6 Å². The number of ether oxygens (including phenoxy) is 2. The summed E-state index contributed by atoms with van der Waals surface area (Å²) in [4.78, 5) is 11.7. The standard InChI is InChI=1S/C13H23N3O3/c1-5-9(3)11(8-18-4)16-7-10(12(14)15-16)13(17)19-6-2/h7,9,11H,5-6,8H2,1-4H3,(H2,14,15). The fraction of sp³-hybridized carbons (Fsp3) is 0.692. The van der Waals surface area contributed by atoms with Crippen LogP contribution in [0.4, 0.5) is 5.82 Å². The summed E-state index contributed by atoms with van der Waals surface area (Å²) in [6, 6.07) is 0.0560. The summed E-state index contributed by atoms with van der Waals surface area (Å²) >= 11 is 0. The van der Waals surface area contributed by atoms with Crippen LogP contribution in [0.3, 0.4) is 0 Å². The predicted molar refractivity (Wildman–Crippen MR) is 73.0 cm³/mol. The van der Waals surface area contributed by atoms with Gasteiger partial charge in [0.2, 0.25) is 0 Å². The van der Waals surface area contributed by atoms with Crippen LogP contribution in [-0.2, 0) is 9.47 Å². The normalized spacial score (nSPS) is 14.1. The smallest absolute Gasteiger partial charge is 0.343 e. The van der Waals surface area contributed by atoms with E-state index in [0.29, 0.717) is 24.7 Å². The molecule has 6 nitrogen and oxygen atoms in total. The number of hydrogen-bond acceptors (Lipinski definition) is 5. The molecule has 1 aromatic rings. The molecule has 0 aromatic carbocycles. The number of nitrogens with zero attached hydrogens (tertiary/aromatic N) is 2. The van der Waals surface area contributed by atoms with Gasteiger partial charge in [0.15, 0.2) is 5.82 Å². The summed E-state index contributed by atoms with van der Waals surface area (Å²) in [7, 11) is 1.65. The first kappa shape index (κ1) is 15.5. The quantitative estimate of drug-likeness (QED) is 0.764. The topological polar surface area (TPSA) is 79.4 Å². The lowest BCUT2D eigenvalue weighted by Gasteiger charge is -2.22. The van der Waals surface area contributed by atoms with Crippen LogP contribution in [0.5, 0.6) is 0 Å². The third kappa shape index (κ3) is 3.70. The summed E-state index contributed by atoms with van der Waals surface area (Å²) in [5.74, 6) is 0.128. The molecule has 0 saturated carbocycles. The molecule has 0 aliphatic carbocycles. The van der Waals surface area contributed by atoms with E-state index < -0.39 is 5.97 Å². The molecule has 0 amide bonds. The number of aromatic nitrogens is 2. The Bertz CT molecular complexity index is 417. The number of nitrogens with two attached hydrogens (primary N) is 1. The van der Waals surface area contributed by atoms with Gasteiger partial charge in [-0.1, -0.05) is 20.3 Å². The molecular weight excluding hydrogens is 246 g/mol. The van der Waals surface area contributed by atoms with Gasteiger partial charge in [0.25, 0.3) is 0 Å². The minimum atomic E-state index is -0.438. The zero-order valence-corrected chi connectivity index (χ0v) is 12.0. The third-order valence-corrected chi connectivity index (χ3v) is 3.23. The zero-order chi connectivity index (χ0) is 14.4. The van der Waals surface area contributed by atoms with E-state index in [2.05, 4.69) is 18.9 Å². The minimum Gasteiger partial charge on any atom is -0.462 e. The monoisotopic (exact) mass is 269 g/mol. The highest BCUT2D eigenvalue weighted by Crippen LogP contribution is 2.23. The fourth-order valence-electron chi connectivity index (χ4n) is 1.89. The Morgan fingerprint density at radius 1 is 1.53 bits per heavy atom. The van der Waals surface area contributed by atoms with Crippen molar-refractivity contribution in [3.63, 3.8) is 0 Å². The SMILES string of the molecule is CCOC(=O)c1cn(C(COC)C(C)CC)nc1N. The molecule has 19 heavy (non-hydrogen) atoms. The lowest BCUT2D eigenvalue weighted by atomic mass is 10.0. The van der Waals surface area contributed by atoms with E-state index in [1.807, 2.05) is 0 Å². The van der Waals surface area contributed by atoms with E-state index in [-0.39, 0.29) is 11.9 Å². The van der Waals surface area contributed by atoms with Crippen LogP contribution in [0.2, 0.25) is 0 Å². The molecule has 0 bridgehead atoms. The van der Waals surface area contributed by atoms with Gasteiger partial charge in [0.05, 0.1) is 19.3 Å². The molecule has 1 aromatic heterocycles. The maximum absolute atomic E-state index is 11.7. The molecule has 0 saturated heterocycles. The number of hydrogen-bond donors (Lipinski definition) is 1. The molecule has 108 valence electrons. The molecule has 1 rings (SSSR count). The van der Waals surface area contributed by atoms with E-state index in [4.69, 9.17) is 15.2 Å². The molecular formula is C13H23N3O3. The highest BCUT2D eigenvalue weighted by Gasteiger charge is 2.23. The van der Waals surface area contributed by atoms with Crippen LogP contribution in [0.15, 0.2) is 6.20 Å². The molecule has 0 radical (unpaired) electrons. The number of carbonyl (C=O) groups excluding carboxylic acids is 1. The van der Waals surface area contributed by atoms with Crippen molar-refractivity contribution in [1.29, 1.82) is 0 Å². The van der Waals surface area contributed by atoms with Gasteiger partial charge in [-0.25, -0.2) is 4.79 Å². The lowest BCUT2D eigenvalue weighted by Crippen LogP contribution is -2.22. The number of nitrogen functional groups attached to an aromatic ring is 1. The van der Waals surface area contributed by atoms with Crippen molar-refractivity contribution < 1.29 is 14.3 Å². The van der Waals surface area contributed by atoms with Gasteiger partial charge in [0.1, 0.15) is 5.56 Å². The van der Waals surface area contributed by atoms with Crippen molar-refractivity contribution >= 4 is 11.8 Å². The summed E-state index contributed by atoms with van der Waals surface area (Å²) in [6.45, 7) is 6.82. The molecule has 2 atom stereocenters. The highest BCUT2D eigenvalue weighted by molar-refractivity contribution is 5.93. The van der Waals surface area contributed by atoms with Crippen LogP contribution in [-0.4, -0.2) is 36.1 Å². The first-order chi connectivity index (χ1) is 9.04. The summed E-state index contributed by atoms with van der Waals surface area (Å²) in [6.07, 6.45) is 2.63. The Hall–Kier alpha value is -1.56. The van der Waals surface area contributed by atoms with Gasteiger partial charge in [-0.3, -0.25) is 4.68 Å². The van der Waals surface area contributed by atoms with Crippen LogP contribution >= 0.6 is 0 Å². The van der Waals surface area contributed by atoms with Crippen molar-refractivity contribution in [2.45, 2.75) is 33.2 Å².